The van der Waals surface area contributed by atoms with Crippen LogP contribution in [0.4, 0.5) is 0 Å². The molecule has 3 aromatic heterocycles. The van der Waals surface area contributed by atoms with Crippen molar-refractivity contribution < 1.29 is 14.3 Å². The van der Waals surface area contributed by atoms with Crippen molar-refractivity contribution in [3.05, 3.63) is 80.9 Å². The maximum atomic E-state index is 12.4. The van der Waals surface area contributed by atoms with Gasteiger partial charge < -0.3 is 14.0 Å². The quantitative estimate of drug-likeness (QED) is 0.251. The van der Waals surface area contributed by atoms with E-state index in [1.807, 2.05) is 43.6 Å². The number of hydrogen-bond donors (Lipinski definition) is 0. The number of pyridine rings is 1. The van der Waals surface area contributed by atoms with Crippen LogP contribution in [0.2, 0.25) is 4.34 Å². The fourth-order valence-corrected chi connectivity index (χ4v) is 6.20. The molecule has 0 unspecified atom stereocenters. The van der Waals surface area contributed by atoms with Crippen LogP contribution in [-0.4, -0.2) is 47.2 Å². The van der Waals surface area contributed by atoms with E-state index in [0.29, 0.717) is 23.8 Å². The number of benzene rings is 1. The number of aromatic nitrogens is 2. The molecule has 0 atom stereocenters. The molecular weight excluding hydrogens is 494 g/mol. The molecule has 1 fully saturated rings. The Labute approximate surface area is 220 Å². The fourth-order valence-electron chi connectivity index (χ4n) is 5.11. The number of piperidine rings is 1. The van der Waals surface area contributed by atoms with E-state index in [1.54, 1.807) is 18.4 Å². The Bertz CT molecular complexity index is 1360. The van der Waals surface area contributed by atoms with Gasteiger partial charge in [0, 0.05) is 29.2 Å². The van der Waals surface area contributed by atoms with E-state index in [4.69, 9.17) is 21.1 Å². The fraction of sp³-hybridized carbons (Fsp3) is 0.357. The molecule has 188 valence electrons. The first-order chi connectivity index (χ1) is 17.6. The van der Waals surface area contributed by atoms with Crippen LogP contribution in [0.15, 0.2) is 55.0 Å². The molecule has 4 heterocycles. The minimum absolute atomic E-state index is 0.341. The van der Waals surface area contributed by atoms with Crippen LogP contribution in [0, 0.1) is 0 Å². The second kappa shape index (κ2) is 11.0. The van der Waals surface area contributed by atoms with Crippen LogP contribution in [-0.2, 0) is 17.8 Å². The molecule has 36 heavy (non-hydrogen) atoms. The third-order valence-electron chi connectivity index (χ3n) is 6.86. The van der Waals surface area contributed by atoms with Gasteiger partial charge in [-0.1, -0.05) is 17.7 Å². The zero-order valence-corrected chi connectivity index (χ0v) is 22.1. The van der Waals surface area contributed by atoms with Crippen molar-refractivity contribution in [3.8, 4) is 5.75 Å². The number of methoxy groups -OCH3 is 1. The highest BCUT2D eigenvalue weighted by Gasteiger charge is 2.25. The largest absolute Gasteiger partial charge is 0.496 e. The number of esters is 1. The molecule has 0 bridgehead atoms. The molecule has 0 saturated carbocycles. The van der Waals surface area contributed by atoms with Gasteiger partial charge in [0.15, 0.2) is 0 Å². The number of nitrogens with zero attached hydrogens (tertiary/aromatic N) is 3. The van der Waals surface area contributed by atoms with Gasteiger partial charge in [-0.3, -0.25) is 9.88 Å². The minimum Gasteiger partial charge on any atom is -0.496 e. The summed E-state index contributed by atoms with van der Waals surface area (Å²) in [7, 11) is 1.57. The molecule has 5 rings (SSSR count). The molecule has 1 aromatic carbocycles. The van der Waals surface area contributed by atoms with Gasteiger partial charge in [-0.05, 0) is 80.2 Å². The molecule has 1 saturated heterocycles. The second-order valence-electron chi connectivity index (χ2n) is 9.12. The van der Waals surface area contributed by atoms with Crippen molar-refractivity contribution in [2.45, 2.75) is 38.8 Å². The Morgan fingerprint density at radius 2 is 2.00 bits per heavy atom. The van der Waals surface area contributed by atoms with E-state index < -0.39 is 0 Å². The molecule has 0 spiro atoms. The highest BCUT2D eigenvalue weighted by Crippen LogP contribution is 2.35. The molecule has 0 N–H and O–H groups in total. The normalized spacial score (nSPS) is 14.9. The average Bonchev–Trinajstić information content (AvgIpc) is 3.48. The van der Waals surface area contributed by atoms with Crippen LogP contribution in [0.1, 0.15) is 52.0 Å². The summed E-state index contributed by atoms with van der Waals surface area (Å²) in [5, 5.41) is 1.29. The van der Waals surface area contributed by atoms with E-state index in [2.05, 4.69) is 32.8 Å². The van der Waals surface area contributed by atoms with Gasteiger partial charge in [0.05, 0.1) is 36.3 Å². The third kappa shape index (κ3) is 5.28. The van der Waals surface area contributed by atoms with E-state index in [-0.39, 0.29) is 5.97 Å². The predicted octanol–water partition coefficient (Wildman–Crippen LogP) is 6.36. The summed E-state index contributed by atoms with van der Waals surface area (Å²) in [5.74, 6) is 0.711. The second-order valence-corrected chi connectivity index (χ2v) is 10.9. The van der Waals surface area contributed by atoms with Crippen molar-refractivity contribution in [3.63, 3.8) is 0 Å². The van der Waals surface area contributed by atoms with Crippen LogP contribution >= 0.6 is 22.9 Å². The lowest BCUT2D eigenvalue weighted by Crippen LogP contribution is -2.32. The van der Waals surface area contributed by atoms with E-state index in [0.717, 1.165) is 48.9 Å². The summed E-state index contributed by atoms with van der Waals surface area (Å²) < 4.78 is 13.7. The summed E-state index contributed by atoms with van der Waals surface area (Å²) >= 11 is 7.79. The van der Waals surface area contributed by atoms with Crippen molar-refractivity contribution >= 4 is 39.8 Å². The van der Waals surface area contributed by atoms with E-state index in [9.17, 15) is 4.79 Å². The number of likely N-dealkylation sites (tertiary alicyclic amines) is 1. The monoisotopic (exact) mass is 523 g/mol. The molecule has 4 aromatic rings. The zero-order valence-electron chi connectivity index (χ0n) is 20.6. The molecule has 0 radical (unpaired) electrons. The first kappa shape index (κ1) is 24.8. The summed E-state index contributed by atoms with van der Waals surface area (Å²) in [6.07, 6.45) is 8.35. The number of halogens is 1. The van der Waals surface area contributed by atoms with Crippen LogP contribution in [0.25, 0.3) is 10.9 Å². The molecule has 1 aliphatic rings. The van der Waals surface area contributed by atoms with Crippen molar-refractivity contribution in [2.75, 3.05) is 26.8 Å². The average molecular weight is 524 g/mol. The van der Waals surface area contributed by atoms with Gasteiger partial charge in [0.1, 0.15) is 11.3 Å². The van der Waals surface area contributed by atoms with Gasteiger partial charge in [0.2, 0.25) is 0 Å². The Kier molecular flexibility index (Phi) is 7.60. The highest BCUT2D eigenvalue weighted by molar-refractivity contribution is 7.16. The SMILES string of the molecule is CCOC(=O)c1cc(CN2CCC(c3cn(Cc4ccc(Cl)s4)c4cnccc34)CC2)ccc1OC. The van der Waals surface area contributed by atoms with Gasteiger partial charge in [-0.2, -0.15) is 0 Å². The number of thiophene rings is 1. The highest BCUT2D eigenvalue weighted by atomic mass is 35.5. The molecular formula is C28H30ClN3O3S. The third-order valence-corrected chi connectivity index (χ3v) is 8.08. The molecule has 6 nitrogen and oxygen atoms in total. The van der Waals surface area contributed by atoms with Crippen LogP contribution in [0.5, 0.6) is 5.75 Å². The number of rotatable bonds is 8. The first-order valence-electron chi connectivity index (χ1n) is 12.3. The Morgan fingerprint density at radius 1 is 1.17 bits per heavy atom. The Balaban J connectivity index is 1.28. The minimum atomic E-state index is -0.342. The maximum absolute atomic E-state index is 12.4. The number of carbonyl (C=O) groups excluding carboxylic acids is 1. The van der Waals surface area contributed by atoms with Crippen molar-refractivity contribution in [1.29, 1.82) is 0 Å². The number of hydrogen-bond acceptors (Lipinski definition) is 6. The van der Waals surface area contributed by atoms with E-state index >= 15 is 0 Å². The van der Waals surface area contributed by atoms with Crippen LogP contribution in [0.3, 0.4) is 0 Å². The van der Waals surface area contributed by atoms with Gasteiger partial charge in [-0.25, -0.2) is 4.79 Å². The summed E-state index contributed by atoms with van der Waals surface area (Å²) in [6, 6.07) is 12.0. The van der Waals surface area contributed by atoms with Gasteiger partial charge in [-0.15, -0.1) is 11.3 Å². The number of ether oxygens (including phenoxy) is 2. The summed E-state index contributed by atoms with van der Waals surface area (Å²) in [4.78, 5) is 20.5. The molecule has 8 heteroatoms. The summed E-state index contributed by atoms with van der Waals surface area (Å²) in [6.45, 7) is 5.76. The number of fused-ring (bicyclic) bond motifs is 1. The smallest absolute Gasteiger partial charge is 0.341 e. The lowest BCUT2D eigenvalue weighted by Gasteiger charge is -2.32. The lowest BCUT2D eigenvalue weighted by atomic mass is 9.89. The number of carbonyl (C=O) groups is 1. The van der Waals surface area contributed by atoms with Gasteiger partial charge >= 0.3 is 5.97 Å². The van der Waals surface area contributed by atoms with Gasteiger partial charge in [0.25, 0.3) is 0 Å². The molecule has 0 aliphatic carbocycles. The van der Waals surface area contributed by atoms with Crippen molar-refractivity contribution in [1.82, 2.24) is 14.5 Å². The van der Waals surface area contributed by atoms with Crippen molar-refractivity contribution in [2.24, 2.45) is 0 Å². The topological polar surface area (TPSA) is 56.6 Å². The van der Waals surface area contributed by atoms with Crippen LogP contribution < -0.4 is 4.74 Å². The predicted molar refractivity (Wildman–Crippen MR) is 144 cm³/mol. The first-order valence-corrected chi connectivity index (χ1v) is 13.5. The Morgan fingerprint density at radius 3 is 2.72 bits per heavy atom. The Hall–Kier alpha value is -2.87. The maximum Gasteiger partial charge on any atom is 0.341 e. The lowest BCUT2D eigenvalue weighted by molar-refractivity contribution is 0.0522. The zero-order chi connectivity index (χ0) is 25.1. The molecule has 0 amide bonds. The standard InChI is InChI=1S/C28H30ClN3O3S/c1-3-35-28(33)23-14-19(4-6-26(23)34-2)16-31-12-9-20(10-13-31)24-18-32(17-21-5-7-27(29)36-21)25-15-30-11-8-22(24)25/h4-8,11,14-15,18,20H,3,9-10,12-13,16-17H2,1-2H3. The van der Waals surface area contributed by atoms with E-state index in [1.165, 1.54) is 21.3 Å². The summed E-state index contributed by atoms with van der Waals surface area (Å²) in [5.41, 5.74) is 4.16. The molecule has 1 aliphatic heterocycles.